The summed E-state index contributed by atoms with van der Waals surface area (Å²) in [7, 11) is -3.24. The maximum Gasteiger partial charge on any atom is 0.232 e. The van der Waals surface area contributed by atoms with Crippen LogP contribution in [0.4, 0.5) is 10.8 Å². The molecule has 0 spiro atoms. The third kappa shape index (κ3) is 3.42. The molecule has 2 heterocycles. The fourth-order valence-electron chi connectivity index (χ4n) is 3.05. The third-order valence-electron chi connectivity index (χ3n) is 4.05. The highest BCUT2D eigenvalue weighted by molar-refractivity contribution is 7.92. The van der Waals surface area contributed by atoms with Crippen molar-refractivity contribution in [3.05, 3.63) is 29.1 Å². The fraction of sp³-hybridized carbons (Fsp3) is 0.471. The normalized spacial score (nSPS) is 17.4. The summed E-state index contributed by atoms with van der Waals surface area (Å²) in [6, 6.07) is 5.88. The van der Waals surface area contributed by atoms with Gasteiger partial charge in [0.25, 0.3) is 0 Å². The zero-order chi connectivity index (χ0) is 17.5. The van der Waals surface area contributed by atoms with Crippen LogP contribution in [0, 0.1) is 5.92 Å². The number of fused-ring (bicyclic) bond motifs is 1. The standard InChI is InChI=1S/C17H23N3O2S2/c1-11(2)9-18-17-19-15(10-23-17)13-5-6-16-14(8-13)7-12(3)20(16)24(4,21)22/h5-6,8,10-12H,7,9H2,1-4H3,(H,18,19). The van der Waals surface area contributed by atoms with Gasteiger partial charge in [-0.3, -0.25) is 4.31 Å². The monoisotopic (exact) mass is 365 g/mol. The van der Waals surface area contributed by atoms with E-state index < -0.39 is 10.0 Å². The minimum absolute atomic E-state index is 0.0380. The molecule has 3 rings (SSSR count). The summed E-state index contributed by atoms with van der Waals surface area (Å²) in [6.07, 6.45) is 2.00. The van der Waals surface area contributed by atoms with Gasteiger partial charge in [-0.15, -0.1) is 11.3 Å². The predicted octanol–water partition coefficient (Wildman–Crippen LogP) is 3.59. The van der Waals surface area contributed by atoms with Gasteiger partial charge in [-0.05, 0) is 37.0 Å². The average molecular weight is 366 g/mol. The Hall–Kier alpha value is -1.60. The first-order chi connectivity index (χ1) is 11.3. The van der Waals surface area contributed by atoms with Crippen LogP contribution in [0.15, 0.2) is 23.6 Å². The van der Waals surface area contributed by atoms with Crippen molar-refractivity contribution in [1.82, 2.24) is 4.98 Å². The Kier molecular flexibility index (Phi) is 4.57. The molecular formula is C17H23N3O2S2. The van der Waals surface area contributed by atoms with Gasteiger partial charge in [0.1, 0.15) is 0 Å². The molecule has 0 saturated carbocycles. The van der Waals surface area contributed by atoms with Crippen molar-refractivity contribution in [3.8, 4) is 11.3 Å². The number of sulfonamides is 1. The first kappa shape index (κ1) is 17.2. The minimum Gasteiger partial charge on any atom is -0.361 e. The van der Waals surface area contributed by atoms with Crippen LogP contribution in [0.2, 0.25) is 0 Å². The lowest BCUT2D eigenvalue weighted by atomic mass is 10.1. The zero-order valence-corrected chi connectivity index (χ0v) is 16.0. The summed E-state index contributed by atoms with van der Waals surface area (Å²) in [5, 5.41) is 6.30. The highest BCUT2D eigenvalue weighted by atomic mass is 32.2. The number of nitrogens with one attached hydrogen (secondary N) is 1. The van der Waals surface area contributed by atoms with Gasteiger partial charge in [0.15, 0.2) is 5.13 Å². The van der Waals surface area contributed by atoms with E-state index in [1.807, 2.05) is 24.4 Å². The van der Waals surface area contributed by atoms with E-state index in [9.17, 15) is 8.42 Å². The SMILES string of the molecule is CC(C)CNc1nc(-c2ccc3c(c2)CC(C)N3S(C)(=O)=O)cs1. The molecule has 1 aromatic heterocycles. The van der Waals surface area contributed by atoms with Gasteiger partial charge < -0.3 is 5.32 Å². The second-order valence-electron chi connectivity index (χ2n) is 6.77. The smallest absolute Gasteiger partial charge is 0.232 e. The third-order valence-corrected chi connectivity index (χ3v) is 6.12. The van der Waals surface area contributed by atoms with Gasteiger partial charge in [0, 0.05) is 23.5 Å². The largest absolute Gasteiger partial charge is 0.361 e. The number of thiazole rings is 1. The van der Waals surface area contributed by atoms with Crippen LogP contribution >= 0.6 is 11.3 Å². The first-order valence-corrected chi connectivity index (χ1v) is 10.8. The Balaban J connectivity index is 1.87. The Morgan fingerprint density at radius 2 is 2.17 bits per heavy atom. The van der Waals surface area contributed by atoms with Crippen molar-refractivity contribution >= 4 is 32.2 Å². The van der Waals surface area contributed by atoms with E-state index >= 15 is 0 Å². The molecule has 0 radical (unpaired) electrons. The topological polar surface area (TPSA) is 62.3 Å². The van der Waals surface area contributed by atoms with E-state index in [1.54, 1.807) is 11.3 Å². The Morgan fingerprint density at radius 1 is 1.42 bits per heavy atom. The van der Waals surface area contributed by atoms with Gasteiger partial charge in [-0.25, -0.2) is 13.4 Å². The molecule has 0 fully saturated rings. The molecule has 130 valence electrons. The van der Waals surface area contributed by atoms with E-state index in [2.05, 4.69) is 30.2 Å². The van der Waals surface area contributed by atoms with Crippen LogP contribution in [0.25, 0.3) is 11.3 Å². The summed E-state index contributed by atoms with van der Waals surface area (Å²) in [5.74, 6) is 0.570. The molecule has 24 heavy (non-hydrogen) atoms. The van der Waals surface area contributed by atoms with Crippen LogP contribution in [0.3, 0.4) is 0 Å². The summed E-state index contributed by atoms with van der Waals surface area (Å²) in [5.41, 5.74) is 3.82. The summed E-state index contributed by atoms with van der Waals surface area (Å²) >= 11 is 1.60. The molecule has 0 bridgehead atoms. The lowest BCUT2D eigenvalue weighted by molar-refractivity contribution is 0.590. The second kappa shape index (κ2) is 6.37. The van der Waals surface area contributed by atoms with Crippen molar-refractivity contribution in [2.24, 2.45) is 5.92 Å². The molecule has 1 aliphatic heterocycles. The van der Waals surface area contributed by atoms with E-state index in [4.69, 9.17) is 0 Å². The van der Waals surface area contributed by atoms with Crippen molar-refractivity contribution in [2.75, 3.05) is 22.4 Å². The first-order valence-electron chi connectivity index (χ1n) is 8.08. The highest BCUT2D eigenvalue weighted by Crippen LogP contribution is 2.37. The molecule has 0 saturated heterocycles. The van der Waals surface area contributed by atoms with Gasteiger partial charge in [0.2, 0.25) is 10.0 Å². The fourth-order valence-corrected chi connectivity index (χ4v) is 5.04. The minimum atomic E-state index is -3.24. The van der Waals surface area contributed by atoms with Crippen molar-refractivity contribution in [2.45, 2.75) is 33.2 Å². The highest BCUT2D eigenvalue weighted by Gasteiger charge is 2.32. The van der Waals surface area contributed by atoms with E-state index in [1.165, 1.54) is 10.6 Å². The number of benzene rings is 1. The molecule has 1 unspecified atom stereocenters. The summed E-state index contributed by atoms with van der Waals surface area (Å²) in [6.45, 7) is 7.17. The second-order valence-corrected chi connectivity index (χ2v) is 9.49. The van der Waals surface area contributed by atoms with E-state index in [0.29, 0.717) is 5.92 Å². The van der Waals surface area contributed by atoms with Crippen molar-refractivity contribution in [3.63, 3.8) is 0 Å². The van der Waals surface area contributed by atoms with E-state index in [0.717, 1.165) is 40.6 Å². The number of nitrogens with zero attached hydrogens (tertiary/aromatic N) is 2. The number of hydrogen-bond acceptors (Lipinski definition) is 5. The molecule has 2 aromatic rings. The molecule has 0 amide bonds. The predicted molar refractivity (Wildman–Crippen MR) is 101 cm³/mol. The lowest BCUT2D eigenvalue weighted by Gasteiger charge is -2.21. The molecule has 1 aromatic carbocycles. The molecule has 7 heteroatoms. The molecule has 1 atom stereocenters. The quantitative estimate of drug-likeness (QED) is 0.879. The maximum absolute atomic E-state index is 12.0. The van der Waals surface area contributed by atoms with Crippen LogP contribution in [0.5, 0.6) is 0 Å². The van der Waals surface area contributed by atoms with Crippen LogP contribution < -0.4 is 9.62 Å². The molecule has 0 aliphatic carbocycles. The van der Waals surface area contributed by atoms with E-state index in [-0.39, 0.29) is 6.04 Å². The molecule has 1 N–H and O–H groups in total. The molecule has 5 nitrogen and oxygen atoms in total. The Labute approximate surface area is 147 Å². The maximum atomic E-state index is 12.0. The molecular weight excluding hydrogens is 342 g/mol. The average Bonchev–Trinajstić information content (AvgIpc) is 3.06. The van der Waals surface area contributed by atoms with Gasteiger partial charge in [-0.2, -0.15) is 0 Å². The van der Waals surface area contributed by atoms with Gasteiger partial charge in [0.05, 0.1) is 17.6 Å². The number of anilines is 2. The summed E-state index contributed by atoms with van der Waals surface area (Å²) in [4.78, 5) is 4.64. The number of aromatic nitrogens is 1. The Bertz CT molecular complexity index is 843. The molecule has 1 aliphatic rings. The lowest BCUT2D eigenvalue weighted by Crippen LogP contribution is -2.34. The number of rotatable bonds is 5. The number of hydrogen-bond donors (Lipinski definition) is 1. The summed E-state index contributed by atoms with van der Waals surface area (Å²) < 4.78 is 25.5. The van der Waals surface area contributed by atoms with Gasteiger partial charge in [-0.1, -0.05) is 19.9 Å². The Morgan fingerprint density at radius 3 is 2.83 bits per heavy atom. The zero-order valence-electron chi connectivity index (χ0n) is 14.4. The van der Waals surface area contributed by atoms with Crippen LogP contribution in [0.1, 0.15) is 26.3 Å². The van der Waals surface area contributed by atoms with Crippen LogP contribution in [-0.2, 0) is 16.4 Å². The van der Waals surface area contributed by atoms with Crippen molar-refractivity contribution in [1.29, 1.82) is 0 Å². The van der Waals surface area contributed by atoms with Crippen molar-refractivity contribution < 1.29 is 8.42 Å². The van der Waals surface area contributed by atoms with Crippen LogP contribution in [-0.4, -0.2) is 32.2 Å². The van der Waals surface area contributed by atoms with Gasteiger partial charge >= 0.3 is 0 Å².